The van der Waals surface area contributed by atoms with Crippen molar-refractivity contribution in [2.24, 2.45) is 0 Å². The fraction of sp³-hybridized carbons (Fsp3) is 0.452. The van der Waals surface area contributed by atoms with Crippen LogP contribution in [-0.2, 0) is 42.5 Å². The molecule has 0 unspecified atom stereocenters. The van der Waals surface area contributed by atoms with E-state index in [1.165, 1.54) is 20.8 Å². The van der Waals surface area contributed by atoms with E-state index in [9.17, 15) is 14.4 Å². The summed E-state index contributed by atoms with van der Waals surface area (Å²) in [7, 11) is -3.03. The second-order valence-corrected chi connectivity index (χ2v) is 15.1. The van der Waals surface area contributed by atoms with Crippen LogP contribution < -0.4 is 10.4 Å². The van der Waals surface area contributed by atoms with Crippen molar-refractivity contribution in [3.8, 4) is 12.3 Å². The van der Waals surface area contributed by atoms with Gasteiger partial charge in [-0.2, -0.15) is 0 Å². The van der Waals surface area contributed by atoms with Crippen LogP contribution >= 0.6 is 0 Å². The Morgan fingerprint density at radius 1 is 0.805 bits per heavy atom. The highest BCUT2D eigenvalue weighted by Crippen LogP contribution is 2.38. The fourth-order valence-corrected chi connectivity index (χ4v) is 9.79. The maximum absolute atomic E-state index is 12.3. The molecule has 0 amide bonds. The monoisotopic (exact) mass is 582 g/mol. The Kier molecular flexibility index (Phi) is 10.9. The molecule has 0 bridgehead atoms. The first-order valence-electron chi connectivity index (χ1n) is 13.4. The van der Waals surface area contributed by atoms with Gasteiger partial charge < -0.3 is 28.1 Å². The van der Waals surface area contributed by atoms with E-state index in [2.05, 4.69) is 26.7 Å². The molecule has 0 aliphatic carbocycles. The summed E-state index contributed by atoms with van der Waals surface area (Å²) in [6, 6.07) is 20.0. The van der Waals surface area contributed by atoms with Crippen molar-refractivity contribution in [1.29, 1.82) is 0 Å². The Balaban J connectivity index is 2.11. The molecule has 2 aromatic rings. The zero-order valence-corrected chi connectivity index (χ0v) is 25.3. The van der Waals surface area contributed by atoms with E-state index in [0.717, 1.165) is 10.4 Å². The van der Waals surface area contributed by atoms with Crippen LogP contribution in [0.1, 0.15) is 41.5 Å². The molecule has 0 N–H and O–H groups in total. The minimum Gasteiger partial charge on any atom is -0.456 e. The Labute approximate surface area is 242 Å². The Morgan fingerprint density at radius 3 is 1.71 bits per heavy atom. The summed E-state index contributed by atoms with van der Waals surface area (Å²) in [6.45, 7) is 9.78. The topological polar surface area (TPSA) is 107 Å². The van der Waals surface area contributed by atoms with Gasteiger partial charge in [0.05, 0.1) is 6.61 Å². The zero-order valence-electron chi connectivity index (χ0n) is 24.3. The summed E-state index contributed by atoms with van der Waals surface area (Å²) in [5.41, 5.74) is 0. The lowest BCUT2D eigenvalue weighted by molar-refractivity contribution is -0.304. The first-order valence-corrected chi connectivity index (χ1v) is 15.3. The SMILES string of the molecule is C#CCO[C@@H]1O[C@H](CO[Si](c2ccccc2)(c2ccccc2)C(C)(C)C)[C@@H](OC(C)=O)[C@H](OC(C)=O)[C@H]1OC(C)=O. The van der Waals surface area contributed by atoms with Crippen molar-refractivity contribution >= 4 is 36.6 Å². The minimum absolute atomic E-state index is 0.0638. The molecule has 0 spiro atoms. The number of benzene rings is 2. The van der Waals surface area contributed by atoms with Crippen LogP contribution in [0.4, 0.5) is 0 Å². The Hall–Kier alpha value is -3.49. The van der Waals surface area contributed by atoms with Crippen LogP contribution in [0.5, 0.6) is 0 Å². The summed E-state index contributed by atoms with van der Waals surface area (Å²) in [5.74, 6) is 0.374. The second-order valence-electron chi connectivity index (χ2n) is 10.8. The number of terminal acetylenes is 1. The summed E-state index contributed by atoms with van der Waals surface area (Å²) >= 11 is 0. The molecule has 5 atom stereocenters. The smallest absolute Gasteiger partial charge is 0.303 e. The van der Waals surface area contributed by atoms with E-state index in [1.807, 2.05) is 60.7 Å². The maximum atomic E-state index is 12.3. The van der Waals surface area contributed by atoms with Crippen molar-refractivity contribution in [3.63, 3.8) is 0 Å². The third kappa shape index (κ3) is 7.62. The number of esters is 3. The molecule has 2 aromatic carbocycles. The third-order valence-electron chi connectivity index (χ3n) is 6.71. The van der Waals surface area contributed by atoms with E-state index >= 15 is 0 Å². The first-order chi connectivity index (χ1) is 19.4. The van der Waals surface area contributed by atoms with Crippen LogP contribution in [0.15, 0.2) is 60.7 Å². The van der Waals surface area contributed by atoms with Gasteiger partial charge in [-0.3, -0.25) is 14.4 Å². The van der Waals surface area contributed by atoms with Gasteiger partial charge in [-0.25, -0.2) is 0 Å². The standard InChI is InChI=1S/C31H38O9Si/c1-8-19-35-30-29(39-23(4)34)28(38-22(3)33)27(37-21(2)32)26(40-30)20-36-41(31(5,6)7,24-15-11-9-12-16-24)25-17-13-10-14-18-25/h1,9-18,26-30H,19-20H2,2-7H3/t26-,27-,28+,29-,30-/m1/s1. The summed E-state index contributed by atoms with van der Waals surface area (Å²) < 4.78 is 35.6. The number of hydrogen-bond acceptors (Lipinski definition) is 9. The van der Waals surface area contributed by atoms with Gasteiger partial charge in [0, 0.05) is 20.8 Å². The van der Waals surface area contributed by atoms with Crippen LogP contribution in [0, 0.1) is 12.3 Å². The van der Waals surface area contributed by atoms with Gasteiger partial charge in [0.1, 0.15) is 12.7 Å². The predicted molar refractivity (Wildman–Crippen MR) is 154 cm³/mol. The lowest BCUT2D eigenvalue weighted by atomic mass is 9.98. The average Bonchev–Trinajstić information content (AvgIpc) is 2.90. The molecule has 1 aliphatic rings. The van der Waals surface area contributed by atoms with Crippen LogP contribution in [0.25, 0.3) is 0 Å². The summed E-state index contributed by atoms with van der Waals surface area (Å²) in [6.07, 6.45) is -0.454. The van der Waals surface area contributed by atoms with Crippen molar-refractivity contribution in [2.45, 2.75) is 77.3 Å². The van der Waals surface area contributed by atoms with Crippen LogP contribution in [-0.4, -0.2) is 70.1 Å². The molecule has 41 heavy (non-hydrogen) atoms. The number of ether oxygens (including phenoxy) is 5. The van der Waals surface area contributed by atoms with Crippen molar-refractivity contribution in [3.05, 3.63) is 60.7 Å². The third-order valence-corrected chi connectivity index (χ3v) is 11.7. The van der Waals surface area contributed by atoms with Crippen molar-refractivity contribution in [1.82, 2.24) is 0 Å². The number of carbonyl (C=O) groups is 3. The van der Waals surface area contributed by atoms with Crippen LogP contribution in [0.3, 0.4) is 0 Å². The highest BCUT2D eigenvalue weighted by atomic mass is 28.4. The lowest BCUT2D eigenvalue weighted by Gasteiger charge is -2.47. The van der Waals surface area contributed by atoms with E-state index in [-0.39, 0.29) is 18.3 Å². The molecule has 0 saturated carbocycles. The highest BCUT2D eigenvalue weighted by molar-refractivity contribution is 6.99. The highest BCUT2D eigenvalue weighted by Gasteiger charge is 2.55. The lowest BCUT2D eigenvalue weighted by Crippen LogP contribution is -2.68. The minimum atomic E-state index is -3.03. The molecule has 1 heterocycles. The van der Waals surface area contributed by atoms with Gasteiger partial charge in [0.25, 0.3) is 8.32 Å². The van der Waals surface area contributed by atoms with Gasteiger partial charge in [0.15, 0.2) is 24.6 Å². The molecule has 1 saturated heterocycles. The quantitative estimate of drug-likeness (QED) is 0.181. The van der Waals surface area contributed by atoms with Crippen molar-refractivity contribution < 1.29 is 42.5 Å². The molecular weight excluding hydrogens is 544 g/mol. The predicted octanol–water partition coefficient (Wildman–Crippen LogP) is 2.73. The van der Waals surface area contributed by atoms with Gasteiger partial charge in [0.2, 0.25) is 0 Å². The van der Waals surface area contributed by atoms with E-state index in [4.69, 9.17) is 34.5 Å². The molecule has 1 fully saturated rings. The summed E-state index contributed by atoms with van der Waals surface area (Å²) in [5, 5.41) is 1.72. The molecular formula is C31H38O9Si. The second kappa shape index (κ2) is 13.9. The first kappa shape index (κ1) is 32.0. The Morgan fingerprint density at radius 2 is 1.27 bits per heavy atom. The molecule has 9 nitrogen and oxygen atoms in total. The average molecular weight is 583 g/mol. The molecule has 1 aliphatic heterocycles. The molecule has 10 heteroatoms. The van der Waals surface area contributed by atoms with E-state index < -0.39 is 56.9 Å². The zero-order chi connectivity index (χ0) is 30.2. The van der Waals surface area contributed by atoms with Crippen LogP contribution in [0.2, 0.25) is 5.04 Å². The molecule has 220 valence electrons. The van der Waals surface area contributed by atoms with E-state index in [0.29, 0.717) is 0 Å². The Bertz CT molecular complexity index is 1180. The fourth-order valence-electron chi connectivity index (χ4n) is 5.22. The molecule has 3 rings (SSSR count). The number of carbonyl (C=O) groups excluding carboxylic acids is 3. The van der Waals surface area contributed by atoms with E-state index in [1.54, 1.807) is 0 Å². The molecule has 0 radical (unpaired) electrons. The van der Waals surface area contributed by atoms with Gasteiger partial charge >= 0.3 is 17.9 Å². The normalized spacial score (nSPS) is 22.7. The van der Waals surface area contributed by atoms with Gasteiger partial charge in [-0.15, -0.1) is 6.42 Å². The van der Waals surface area contributed by atoms with Crippen molar-refractivity contribution in [2.75, 3.05) is 13.2 Å². The molecule has 0 aromatic heterocycles. The number of rotatable bonds is 10. The van der Waals surface area contributed by atoms with Gasteiger partial charge in [-0.05, 0) is 15.4 Å². The summed E-state index contributed by atoms with van der Waals surface area (Å²) in [4.78, 5) is 36.5. The number of hydrogen-bond donors (Lipinski definition) is 0. The maximum Gasteiger partial charge on any atom is 0.303 e. The largest absolute Gasteiger partial charge is 0.456 e. The van der Waals surface area contributed by atoms with Gasteiger partial charge in [-0.1, -0.05) is 87.4 Å².